The van der Waals surface area contributed by atoms with Gasteiger partial charge in [0, 0.05) is 6.20 Å². The molecule has 4 heteroatoms. The highest BCUT2D eigenvalue weighted by atomic mass is 15.1. The van der Waals surface area contributed by atoms with Crippen LogP contribution in [0, 0.1) is 6.92 Å². The lowest BCUT2D eigenvalue weighted by Gasteiger charge is -2.04. The molecule has 1 aliphatic heterocycles. The molecule has 0 amide bonds. The quantitative estimate of drug-likeness (QED) is 0.740. The Kier molecular flexibility index (Phi) is 1.95. The molecule has 1 aliphatic rings. The first-order valence-electron chi connectivity index (χ1n) is 5.38. The van der Waals surface area contributed by atoms with Crippen LogP contribution in [0.1, 0.15) is 30.3 Å². The lowest BCUT2D eigenvalue weighted by atomic mass is 10.2. The lowest BCUT2D eigenvalue weighted by molar-refractivity contribution is 0.614. The Morgan fingerprint density at radius 2 is 2.40 bits per heavy atom. The summed E-state index contributed by atoms with van der Waals surface area (Å²) in [6, 6.07) is 2.48. The second kappa shape index (κ2) is 3.31. The molecule has 0 radical (unpaired) electrons. The maximum absolute atomic E-state index is 4.51. The highest BCUT2D eigenvalue weighted by Crippen LogP contribution is 2.22. The molecule has 1 unspecified atom stereocenters. The molecule has 2 aromatic rings. The standard InChI is InChI=1S/C11H14N4/c1-7-5-9-10(13-6-7)15-11(14-9)8-3-2-4-12-8/h5-6,8,12H,2-4H2,1H3,(H,13,14,15). The molecule has 4 nitrogen and oxygen atoms in total. The van der Waals surface area contributed by atoms with Crippen LogP contribution in [0.2, 0.25) is 0 Å². The van der Waals surface area contributed by atoms with Crippen LogP contribution in [0.4, 0.5) is 0 Å². The van der Waals surface area contributed by atoms with Gasteiger partial charge in [-0.15, -0.1) is 0 Å². The van der Waals surface area contributed by atoms with Crippen LogP contribution < -0.4 is 5.32 Å². The number of H-pyrrole nitrogens is 1. The Labute approximate surface area is 88.1 Å². The molecule has 0 aliphatic carbocycles. The second-order valence-electron chi connectivity index (χ2n) is 4.15. The van der Waals surface area contributed by atoms with Gasteiger partial charge < -0.3 is 10.3 Å². The fourth-order valence-corrected chi connectivity index (χ4v) is 2.11. The van der Waals surface area contributed by atoms with Gasteiger partial charge in [-0.25, -0.2) is 9.97 Å². The number of rotatable bonds is 1. The van der Waals surface area contributed by atoms with Crippen molar-refractivity contribution in [1.29, 1.82) is 0 Å². The molecular weight excluding hydrogens is 188 g/mol. The normalized spacial score (nSPS) is 21.3. The van der Waals surface area contributed by atoms with Crippen molar-refractivity contribution < 1.29 is 0 Å². The summed E-state index contributed by atoms with van der Waals surface area (Å²) in [6.07, 6.45) is 4.25. The van der Waals surface area contributed by atoms with Crippen LogP contribution in [0.3, 0.4) is 0 Å². The maximum Gasteiger partial charge on any atom is 0.177 e. The first kappa shape index (κ1) is 8.85. The molecule has 2 aromatic heterocycles. The molecule has 1 fully saturated rings. The topological polar surface area (TPSA) is 53.6 Å². The van der Waals surface area contributed by atoms with Gasteiger partial charge in [0.1, 0.15) is 5.82 Å². The molecule has 0 saturated carbocycles. The van der Waals surface area contributed by atoms with Crippen LogP contribution in [0.15, 0.2) is 12.3 Å². The highest BCUT2D eigenvalue weighted by molar-refractivity contribution is 5.71. The Morgan fingerprint density at radius 1 is 1.47 bits per heavy atom. The molecule has 0 aromatic carbocycles. The highest BCUT2D eigenvalue weighted by Gasteiger charge is 2.19. The Morgan fingerprint density at radius 3 is 3.20 bits per heavy atom. The van der Waals surface area contributed by atoms with E-state index < -0.39 is 0 Å². The Balaban J connectivity index is 2.05. The van der Waals surface area contributed by atoms with E-state index in [0.29, 0.717) is 6.04 Å². The molecule has 78 valence electrons. The summed E-state index contributed by atoms with van der Waals surface area (Å²) < 4.78 is 0. The molecular formula is C11H14N4. The van der Waals surface area contributed by atoms with Crippen LogP contribution in [-0.2, 0) is 0 Å². The van der Waals surface area contributed by atoms with Crippen LogP contribution in [0.25, 0.3) is 11.2 Å². The third-order valence-electron chi connectivity index (χ3n) is 2.88. The van der Waals surface area contributed by atoms with E-state index in [9.17, 15) is 0 Å². The molecule has 2 N–H and O–H groups in total. The van der Waals surface area contributed by atoms with E-state index in [0.717, 1.165) is 29.1 Å². The van der Waals surface area contributed by atoms with Crippen molar-refractivity contribution >= 4 is 11.2 Å². The van der Waals surface area contributed by atoms with E-state index in [1.807, 2.05) is 13.1 Å². The Bertz CT molecular complexity index is 482. The number of aromatic amines is 1. The number of aryl methyl sites for hydroxylation is 1. The molecule has 0 bridgehead atoms. The van der Waals surface area contributed by atoms with Crippen molar-refractivity contribution in [2.75, 3.05) is 6.54 Å². The van der Waals surface area contributed by atoms with Crippen molar-refractivity contribution in [2.24, 2.45) is 0 Å². The van der Waals surface area contributed by atoms with Gasteiger partial charge in [0.05, 0.1) is 11.6 Å². The summed E-state index contributed by atoms with van der Waals surface area (Å²) in [5, 5.41) is 3.43. The van der Waals surface area contributed by atoms with Gasteiger partial charge in [-0.1, -0.05) is 0 Å². The van der Waals surface area contributed by atoms with E-state index in [-0.39, 0.29) is 0 Å². The van der Waals surface area contributed by atoms with E-state index >= 15 is 0 Å². The van der Waals surface area contributed by atoms with Crippen molar-refractivity contribution in [3.63, 3.8) is 0 Å². The van der Waals surface area contributed by atoms with Gasteiger partial charge >= 0.3 is 0 Å². The number of nitrogens with zero attached hydrogens (tertiary/aromatic N) is 2. The number of pyridine rings is 1. The fourth-order valence-electron chi connectivity index (χ4n) is 2.11. The minimum atomic E-state index is 0.388. The molecule has 1 atom stereocenters. The minimum absolute atomic E-state index is 0.388. The SMILES string of the molecule is Cc1cnc2nc(C3CCCN3)[nH]c2c1. The van der Waals surface area contributed by atoms with Crippen LogP contribution in [0.5, 0.6) is 0 Å². The Hall–Kier alpha value is -1.42. The third-order valence-corrected chi connectivity index (χ3v) is 2.88. The maximum atomic E-state index is 4.51. The van der Waals surface area contributed by atoms with Gasteiger partial charge in [-0.2, -0.15) is 0 Å². The summed E-state index contributed by atoms with van der Waals surface area (Å²) in [5.74, 6) is 1.03. The number of hydrogen-bond acceptors (Lipinski definition) is 3. The summed E-state index contributed by atoms with van der Waals surface area (Å²) >= 11 is 0. The van der Waals surface area contributed by atoms with Gasteiger partial charge in [0.2, 0.25) is 0 Å². The minimum Gasteiger partial charge on any atom is -0.339 e. The second-order valence-corrected chi connectivity index (χ2v) is 4.15. The molecule has 15 heavy (non-hydrogen) atoms. The summed E-state index contributed by atoms with van der Waals surface area (Å²) in [6.45, 7) is 3.13. The number of nitrogens with one attached hydrogen (secondary N) is 2. The third kappa shape index (κ3) is 1.51. The van der Waals surface area contributed by atoms with Crippen molar-refractivity contribution in [3.8, 4) is 0 Å². The summed E-state index contributed by atoms with van der Waals surface area (Å²) in [7, 11) is 0. The average Bonchev–Trinajstić information content (AvgIpc) is 2.84. The van der Waals surface area contributed by atoms with Gasteiger partial charge in [-0.05, 0) is 37.9 Å². The largest absolute Gasteiger partial charge is 0.339 e. The number of hydrogen-bond donors (Lipinski definition) is 2. The zero-order valence-electron chi connectivity index (χ0n) is 8.75. The van der Waals surface area contributed by atoms with Crippen molar-refractivity contribution in [1.82, 2.24) is 20.3 Å². The first-order valence-corrected chi connectivity index (χ1v) is 5.38. The number of imidazole rings is 1. The van der Waals surface area contributed by atoms with E-state index in [2.05, 4.69) is 26.3 Å². The van der Waals surface area contributed by atoms with Crippen LogP contribution in [-0.4, -0.2) is 21.5 Å². The number of aromatic nitrogens is 3. The summed E-state index contributed by atoms with van der Waals surface area (Å²) in [5.41, 5.74) is 3.03. The van der Waals surface area contributed by atoms with Crippen LogP contribution >= 0.6 is 0 Å². The van der Waals surface area contributed by atoms with Gasteiger partial charge in [0.25, 0.3) is 0 Å². The zero-order chi connectivity index (χ0) is 10.3. The molecule has 0 spiro atoms. The fraction of sp³-hybridized carbons (Fsp3) is 0.455. The van der Waals surface area contributed by atoms with Crippen molar-refractivity contribution in [3.05, 3.63) is 23.7 Å². The molecule has 3 heterocycles. The summed E-state index contributed by atoms with van der Waals surface area (Å²) in [4.78, 5) is 12.2. The van der Waals surface area contributed by atoms with E-state index in [1.165, 1.54) is 12.8 Å². The molecule has 1 saturated heterocycles. The van der Waals surface area contributed by atoms with Gasteiger partial charge in [-0.3, -0.25) is 0 Å². The van der Waals surface area contributed by atoms with Gasteiger partial charge in [0.15, 0.2) is 5.65 Å². The lowest BCUT2D eigenvalue weighted by Crippen LogP contribution is -2.14. The predicted octanol–water partition coefficient (Wildman–Crippen LogP) is 1.69. The smallest absolute Gasteiger partial charge is 0.177 e. The zero-order valence-corrected chi connectivity index (χ0v) is 8.75. The van der Waals surface area contributed by atoms with Crippen molar-refractivity contribution in [2.45, 2.75) is 25.8 Å². The average molecular weight is 202 g/mol. The predicted molar refractivity (Wildman–Crippen MR) is 58.6 cm³/mol. The monoisotopic (exact) mass is 202 g/mol. The van der Waals surface area contributed by atoms with E-state index in [1.54, 1.807) is 0 Å². The van der Waals surface area contributed by atoms with E-state index in [4.69, 9.17) is 0 Å². The number of fused-ring (bicyclic) bond motifs is 1. The molecule has 3 rings (SSSR count). The first-order chi connectivity index (χ1) is 7.33.